The summed E-state index contributed by atoms with van der Waals surface area (Å²) in [6, 6.07) is 5.80. The van der Waals surface area contributed by atoms with Crippen molar-refractivity contribution in [2.45, 2.75) is 13.0 Å². The summed E-state index contributed by atoms with van der Waals surface area (Å²) in [5.41, 5.74) is -0.735. The average Bonchev–Trinajstić information content (AvgIpc) is 3.02. The first-order valence-electron chi connectivity index (χ1n) is 6.71. The highest BCUT2D eigenvalue weighted by molar-refractivity contribution is 5.51. The van der Waals surface area contributed by atoms with Gasteiger partial charge in [0, 0.05) is 23.4 Å². The fourth-order valence-corrected chi connectivity index (χ4v) is 2.06. The minimum absolute atomic E-state index is 0.129. The van der Waals surface area contributed by atoms with Gasteiger partial charge in [0.1, 0.15) is 11.6 Å². The van der Waals surface area contributed by atoms with E-state index in [-0.39, 0.29) is 23.6 Å². The highest BCUT2D eigenvalue weighted by Crippen LogP contribution is 2.22. The second-order valence-electron chi connectivity index (χ2n) is 4.83. The Morgan fingerprint density at radius 1 is 1.12 bits per heavy atom. The molecule has 2 aromatic heterocycles. The van der Waals surface area contributed by atoms with Gasteiger partial charge in [0.15, 0.2) is 0 Å². The van der Waals surface area contributed by atoms with Crippen molar-refractivity contribution in [3.8, 4) is 11.5 Å². The molecule has 0 unspecified atom stereocenters. The Morgan fingerprint density at radius 3 is 2.42 bits per heavy atom. The van der Waals surface area contributed by atoms with Gasteiger partial charge in [-0.05, 0) is 18.2 Å². The first kappa shape index (κ1) is 15.9. The SMILES string of the molecule is O=c1cc(-c2nnc(C(F)F)o2)ccn1Cc1c(F)cccc1F. The molecule has 5 nitrogen and oxygen atoms in total. The molecule has 3 aromatic rings. The van der Waals surface area contributed by atoms with Crippen molar-refractivity contribution in [1.82, 2.24) is 14.8 Å². The molecule has 9 heteroatoms. The van der Waals surface area contributed by atoms with E-state index in [9.17, 15) is 22.4 Å². The molecule has 0 amide bonds. The van der Waals surface area contributed by atoms with Crippen LogP contribution in [0.25, 0.3) is 11.5 Å². The van der Waals surface area contributed by atoms with E-state index in [1.54, 1.807) is 0 Å². The molecule has 3 rings (SSSR count). The quantitative estimate of drug-likeness (QED) is 0.685. The summed E-state index contributed by atoms with van der Waals surface area (Å²) in [6.07, 6.45) is -1.66. The number of aromatic nitrogens is 3. The number of hydrogen-bond donors (Lipinski definition) is 0. The zero-order valence-corrected chi connectivity index (χ0v) is 11.9. The lowest BCUT2D eigenvalue weighted by Gasteiger charge is -2.08. The number of benzene rings is 1. The van der Waals surface area contributed by atoms with E-state index in [0.717, 1.165) is 22.8 Å². The average molecular weight is 339 g/mol. The molecule has 0 fully saturated rings. The van der Waals surface area contributed by atoms with Crippen LogP contribution in [0.3, 0.4) is 0 Å². The molecule has 0 bridgehead atoms. The Bertz CT molecular complexity index is 916. The zero-order valence-electron chi connectivity index (χ0n) is 11.9. The molecule has 0 saturated heterocycles. The third-order valence-electron chi connectivity index (χ3n) is 3.26. The second kappa shape index (κ2) is 6.26. The molecule has 0 saturated carbocycles. The first-order chi connectivity index (χ1) is 11.5. The zero-order chi connectivity index (χ0) is 17.3. The Hall–Kier alpha value is -2.97. The van der Waals surface area contributed by atoms with Crippen LogP contribution >= 0.6 is 0 Å². The lowest BCUT2D eigenvalue weighted by Crippen LogP contribution is -2.20. The fourth-order valence-electron chi connectivity index (χ4n) is 2.06. The second-order valence-corrected chi connectivity index (χ2v) is 4.83. The van der Waals surface area contributed by atoms with Crippen molar-refractivity contribution in [3.05, 3.63) is 70.0 Å². The number of nitrogens with zero attached hydrogens (tertiary/aromatic N) is 3. The standard InChI is InChI=1S/C15H9F4N3O2/c16-10-2-1-3-11(17)9(10)7-22-5-4-8(6-12(22)23)14-20-21-15(24-14)13(18)19/h1-6,13H,7H2. The van der Waals surface area contributed by atoms with Gasteiger partial charge in [-0.25, -0.2) is 8.78 Å². The van der Waals surface area contributed by atoms with Crippen molar-refractivity contribution in [2.24, 2.45) is 0 Å². The molecule has 124 valence electrons. The molecule has 0 spiro atoms. The van der Waals surface area contributed by atoms with Gasteiger partial charge in [0.2, 0.25) is 5.89 Å². The number of halogens is 4. The fraction of sp³-hybridized carbons (Fsp3) is 0.133. The van der Waals surface area contributed by atoms with Gasteiger partial charge in [0.05, 0.1) is 6.54 Å². The number of rotatable bonds is 4. The summed E-state index contributed by atoms with van der Waals surface area (Å²) in [4.78, 5) is 12.1. The maximum Gasteiger partial charge on any atom is 0.314 e. The molecule has 0 aliphatic carbocycles. The van der Waals surface area contributed by atoms with Crippen LogP contribution < -0.4 is 5.56 Å². The van der Waals surface area contributed by atoms with Gasteiger partial charge in [-0.2, -0.15) is 8.78 Å². The van der Waals surface area contributed by atoms with Crippen molar-refractivity contribution in [1.29, 1.82) is 0 Å². The van der Waals surface area contributed by atoms with E-state index in [4.69, 9.17) is 4.42 Å². The Balaban J connectivity index is 1.91. The largest absolute Gasteiger partial charge is 0.415 e. The van der Waals surface area contributed by atoms with Crippen LogP contribution in [0, 0.1) is 11.6 Å². The molecule has 0 radical (unpaired) electrons. The minimum Gasteiger partial charge on any atom is -0.415 e. The normalized spacial score (nSPS) is 11.2. The van der Waals surface area contributed by atoms with E-state index in [0.29, 0.717) is 0 Å². The highest BCUT2D eigenvalue weighted by atomic mass is 19.3. The third-order valence-corrected chi connectivity index (χ3v) is 3.26. The lowest BCUT2D eigenvalue weighted by molar-refractivity contribution is 0.116. The topological polar surface area (TPSA) is 60.9 Å². The third kappa shape index (κ3) is 3.05. The number of alkyl halides is 2. The Labute approximate surface area is 132 Å². The van der Waals surface area contributed by atoms with Crippen molar-refractivity contribution in [2.75, 3.05) is 0 Å². The van der Waals surface area contributed by atoms with Gasteiger partial charge in [0.25, 0.3) is 11.4 Å². The van der Waals surface area contributed by atoms with Gasteiger partial charge in [-0.1, -0.05) is 6.07 Å². The van der Waals surface area contributed by atoms with Crippen LogP contribution in [0.5, 0.6) is 0 Å². The Kier molecular flexibility index (Phi) is 4.15. The Morgan fingerprint density at radius 2 is 1.83 bits per heavy atom. The first-order valence-corrected chi connectivity index (χ1v) is 6.71. The molecular formula is C15H9F4N3O2. The highest BCUT2D eigenvalue weighted by Gasteiger charge is 2.17. The number of hydrogen-bond acceptors (Lipinski definition) is 4. The predicted octanol–water partition coefficient (Wildman–Crippen LogP) is 3.16. The molecule has 0 atom stereocenters. The molecule has 24 heavy (non-hydrogen) atoms. The van der Waals surface area contributed by atoms with Crippen molar-refractivity contribution >= 4 is 0 Å². The van der Waals surface area contributed by atoms with E-state index >= 15 is 0 Å². The van der Waals surface area contributed by atoms with Crippen LogP contribution in [0.4, 0.5) is 17.6 Å². The molecular weight excluding hydrogens is 330 g/mol. The number of pyridine rings is 1. The van der Waals surface area contributed by atoms with Crippen LogP contribution in [-0.4, -0.2) is 14.8 Å². The predicted molar refractivity (Wildman–Crippen MR) is 74.4 cm³/mol. The molecule has 0 N–H and O–H groups in total. The van der Waals surface area contributed by atoms with Crippen LogP contribution in [-0.2, 0) is 6.54 Å². The molecule has 1 aromatic carbocycles. The maximum atomic E-state index is 13.6. The monoisotopic (exact) mass is 339 g/mol. The van der Waals surface area contributed by atoms with Crippen LogP contribution in [0.15, 0.2) is 45.7 Å². The summed E-state index contributed by atoms with van der Waals surface area (Å²) >= 11 is 0. The molecule has 2 heterocycles. The minimum atomic E-state index is -2.92. The van der Waals surface area contributed by atoms with Gasteiger partial charge in [-0.3, -0.25) is 4.79 Å². The molecule has 0 aliphatic rings. The van der Waals surface area contributed by atoms with E-state index < -0.39 is 29.5 Å². The summed E-state index contributed by atoms with van der Waals surface area (Å²) in [5.74, 6) is -2.65. The van der Waals surface area contributed by atoms with Gasteiger partial charge < -0.3 is 8.98 Å². The molecule has 0 aliphatic heterocycles. The van der Waals surface area contributed by atoms with E-state index in [1.165, 1.54) is 18.3 Å². The maximum absolute atomic E-state index is 13.6. The van der Waals surface area contributed by atoms with Crippen molar-refractivity contribution < 1.29 is 22.0 Å². The summed E-state index contributed by atoms with van der Waals surface area (Å²) < 4.78 is 57.9. The van der Waals surface area contributed by atoms with Crippen LogP contribution in [0.2, 0.25) is 0 Å². The van der Waals surface area contributed by atoms with Crippen LogP contribution in [0.1, 0.15) is 17.9 Å². The van der Waals surface area contributed by atoms with Gasteiger partial charge in [-0.15, -0.1) is 10.2 Å². The summed E-state index contributed by atoms with van der Waals surface area (Å²) in [5, 5.41) is 6.59. The van der Waals surface area contributed by atoms with Gasteiger partial charge >= 0.3 is 6.43 Å². The lowest BCUT2D eigenvalue weighted by atomic mass is 10.2. The van der Waals surface area contributed by atoms with Crippen molar-refractivity contribution in [3.63, 3.8) is 0 Å². The van der Waals surface area contributed by atoms with E-state index in [1.807, 2.05) is 0 Å². The summed E-state index contributed by atoms with van der Waals surface area (Å²) in [7, 11) is 0. The summed E-state index contributed by atoms with van der Waals surface area (Å²) in [6.45, 7) is -0.316. The smallest absolute Gasteiger partial charge is 0.314 e. The van der Waals surface area contributed by atoms with E-state index in [2.05, 4.69) is 10.2 Å².